The molecular formula is C17H22BrNOS. The first-order valence-corrected chi connectivity index (χ1v) is 8.78. The predicted octanol–water partition coefficient (Wildman–Crippen LogP) is 4.84. The van der Waals surface area contributed by atoms with Gasteiger partial charge in [0, 0.05) is 27.9 Å². The maximum Gasteiger partial charge on any atom is 0.0820 e. The summed E-state index contributed by atoms with van der Waals surface area (Å²) < 4.78 is 7.01. The summed E-state index contributed by atoms with van der Waals surface area (Å²) in [6.45, 7) is 7.73. The van der Waals surface area contributed by atoms with Crippen LogP contribution in [-0.2, 0) is 17.9 Å². The van der Waals surface area contributed by atoms with E-state index in [9.17, 15) is 0 Å². The second-order valence-electron chi connectivity index (χ2n) is 5.94. The van der Waals surface area contributed by atoms with Crippen molar-refractivity contribution < 1.29 is 4.74 Å². The predicted molar refractivity (Wildman–Crippen MR) is 93.6 cm³/mol. The molecule has 21 heavy (non-hydrogen) atoms. The van der Waals surface area contributed by atoms with Crippen LogP contribution < -0.4 is 5.32 Å². The zero-order valence-corrected chi connectivity index (χ0v) is 15.0. The summed E-state index contributed by atoms with van der Waals surface area (Å²) in [5.74, 6) is 0. The minimum atomic E-state index is 0.124. The quantitative estimate of drug-likeness (QED) is 0.720. The van der Waals surface area contributed by atoms with Crippen LogP contribution >= 0.6 is 27.3 Å². The van der Waals surface area contributed by atoms with Crippen molar-refractivity contribution in [2.45, 2.75) is 27.0 Å². The lowest BCUT2D eigenvalue weighted by Crippen LogP contribution is -2.32. The topological polar surface area (TPSA) is 21.3 Å². The lowest BCUT2D eigenvalue weighted by atomic mass is 9.95. The second-order valence-corrected chi connectivity index (χ2v) is 7.79. The summed E-state index contributed by atoms with van der Waals surface area (Å²) in [7, 11) is 0. The Hall–Kier alpha value is -0.680. The van der Waals surface area contributed by atoms with Crippen molar-refractivity contribution in [1.82, 2.24) is 5.32 Å². The van der Waals surface area contributed by atoms with Crippen LogP contribution in [0.2, 0.25) is 0 Å². The van der Waals surface area contributed by atoms with E-state index in [1.54, 1.807) is 11.3 Å². The van der Waals surface area contributed by atoms with Crippen molar-refractivity contribution in [3.05, 3.63) is 56.7 Å². The maximum absolute atomic E-state index is 5.87. The van der Waals surface area contributed by atoms with E-state index in [0.717, 1.165) is 24.2 Å². The molecule has 114 valence electrons. The van der Waals surface area contributed by atoms with Crippen molar-refractivity contribution in [2.75, 3.05) is 13.2 Å². The molecule has 0 amide bonds. The van der Waals surface area contributed by atoms with E-state index in [2.05, 4.69) is 70.8 Å². The molecule has 0 atom stereocenters. The van der Waals surface area contributed by atoms with Crippen molar-refractivity contribution >= 4 is 27.3 Å². The molecule has 2 aromatic rings. The van der Waals surface area contributed by atoms with Crippen LogP contribution in [0.5, 0.6) is 0 Å². The first-order chi connectivity index (χ1) is 10.1. The van der Waals surface area contributed by atoms with Gasteiger partial charge in [-0.2, -0.15) is 0 Å². The molecular weight excluding hydrogens is 346 g/mol. The molecule has 0 fully saturated rings. The van der Waals surface area contributed by atoms with Gasteiger partial charge in [-0.15, -0.1) is 11.3 Å². The highest BCUT2D eigenvalue weighted by molar-refractivity contribution is 9.10. The van der Waals surface area contributed by atoms with E-state index in [-0.39, 0.29) is 5.41 Å². The Balaban J connectivity index is 1.68. The van der Waals surface area contributed by atoms with Gasteiger partial charge in [0.1, 0.15) is 0 Å². The highest BCUT2D eigenvalue weighted by Gasteiger charge is 2.18. The molecule has 0 aliphatic heterocycles. The molecule has 0 spiro atoms. The summed E-state index contributed by atoms with van der Waals surface area (Å²) in [6.07, 6.45) is 0. The van der Waals surface area contributed by atoms with Crippen LogP contribution in [0.1, 0.15) is 24.3 Å². The minimum Gasteiger partial charge on any atom is -0.375 e. The molecule has 1 heterocycles. The van der Waals surface area contributed by atoms with E-state index in [1.807, 2.05) is 6.07 Å². The zero-order chi connectivity index (χ0) is 15.1. The fourth-order valence-electron chi connectivity index (χ4n) is 2.04. The zero-order valence-electron chi connectivity index (χ0n) is 12.6. The fourth-order valence-corrected chi connectivity index (χ4v) is 3.44. The van der Waals surface area contributed by atoms with Gasteiger partial charge in [0.05, 0.1) is 13.2 Å². The van der Waals surface area contributed by atoms with E-state index >= 15 is 0 Å². The largest absolute Gasteiger partial charge is 0.375 e. The van der Waals surface area contributed by atoms with Gasteiger partial charge >= 0.3 is 0 Å². The molecule has 0 saturated carbocycles. The third-order valence-corrected chi connectivity index (χ3v) is 5.09. The Morgan fingerprint density at radius 1 is 1.19 bits per heavy atom. The number of halogens is 1. The molecule has 0 bridgehead atoms. The SMILES string of the molecule is CC(C)(CNCc1ccccc1)COCc1sccc1Br. The van der Waals surface area contributed by atoms with Gasteiger partial charge in [-0.05, 0) is 32.9 Å². The smallest absolute Gasteiger partial charge is 0.0820 e. The molecule has 0 unspecified atom stereocenters. The molecule has 0 saturated heterocycles. The first-order valence-electron chi connectivity index (χ1n) is 7.11. The highest BCUT2D eigenvalue weighted by Crippen LogP contribution is 2.24. The van der Waals surface area contributed by atoms with E-state index in [4.69, 9.17) is 4.74 Å². The average molecular weight is 368 g/mol. The minimum absolute atomic E-state index is 0.124. The number of thiophene rings is 1. The van der Waals surface area contributed by atoms with Gasteiger partial charge in [-0.25, -0.2) is 0 Å². The normalized spacial score (nSPS) is 11.8. The lowest BCUT2D eigenvalue weighted by Gasteiger charge is -2.25. The number of rotatable bonds is 8. The number of hydrogen-bond acceptors (Lipinski definition) is 3. The number of benzene rings is 1. The van der Waals surface area contributed by atoms with E-state index < -0.39 is 0 Å². The highest BCUT2D eigenvalue weighted by atomic mass is 79.9. The Morgan fingerprint density at radius 2 is 1.95 bits per heavy atom. The van der Waals surface area contributed by atoms with Gasteiger partial charge in [-0.3, -0.25) is 0 Å². The van der Waals surface area contributed by atoms with E-state index in [0.29, 0.717) is 6.61 Å². The summed E-state index contributed by atoms with van der Waals surface area (Å²) in [6, 6.07) is 12.5. The van der Waals surface area contributed by atoms with Crippen LogP contribution in [-0.4, -0.2) is 13.2 Å². The number of hydrogen-bond donors (Lipinski definition) is 1. The molecule has 2 rings (SSSR count). The Labute approximate surface area is 139 Å². The van der Waals surface area contributed by atoms with Gasteiger partial charge in [0.2, 0.25) is 0 Å². The van der Waals surface area contributed by atoms with Crippen LogP contribution in [0.3, 0.4) is 0 Å². The van der Waals surface area contributed by atoms with Crippen LogP contribution in [0.4, 0.5) is 0 Å². The van der Waals surface area contributed by atoms with Crippen LogP contribution in [0.15, 0.2) is 46.3 Å². The summed E-state index contributed by atoms with van der Waals surface area (Å²) >= 11 is 5.26. The molecule has 0 aliphatic carbocycles. The van der Waals surface area contributed by atoms with Crippen molar-refractivity contribution in [2.24, 2.45) is 5.41 Å². The standard InChI is InChI=1S/C17H22BrNOS/c1-17(2,12-19-10-14-6-4-3-5-7-14)13-20-11-16-15(18)8-9-21-16/h3-9,19H,10-13H2,1-2H3. The molecule has 0 aliphatic rings. The summed E-state index contributed by atoms with van der Waals surface area (Å²) in [5, 5.41) is 5.59. The third kappa shape index (κ3) is 5.91. The molecule has 1 aromatic carbocycles. The van der Waals surface area contributed by atoms with Gasteiger partial charge in [0.15, 0.2) is 0 Å². The summed E-state index contributed by atoms with van der Waals surface area (Å²) in [4.78, 5) is 1.25. The molecule has 1 N–H and O–H groups in total. The van der Waals surface area contributed by atoms with E-state index in [1.165, 1.54) is 10.4 Å². The van der Waals surface area contributed by atoms with Gasteiger partial charge in [0.25, 0.3) is 0 Å². The Morgan fingerprint density at radius 3 is 2.62 bits per heavy atom. The van der Waals surface area contributed by atoms with Crippen molar-refractivity contribution in [3.63, 3.8) is 0 Å². The maximum atomic E-state index is 5.87. The monoisotopic (exact) mass is 367 g/mol. The Bertz CT molecular complexity index is 539. The summed E-state index contributed by atoms with van der Waals surface area (Å²) in [5.41, 5.74) is 1.44. The second kappa shape index (κ2) is 8.08. The Kier molecular flexibility index (Phi) is 6.42. The fraction of sp³-hybridized carbons (Fsp3) is 0.412. The van der Waals surface area contributed by atoms with Crippen molar-refractivity contribution in [3.8, 4) is 0 Å². The molecule has 0 radical (unpaired) electrons. The third-order valence-electron chi connectivity index (χ3n) is 3.19. The molecule has 4 heteroatoms. The number of ether oxygens (including phenoxy) is 1. The molecule has 2 nitrogen and oxygen atoms in total. The molecule has 1 aromatic heterocycles. The van der Waals surface area contributed by atoms with Crippen LogP contribution in [0, 0.1) is 5.41 Å². The average Bonchev–Trinajstić information content (AvgIpc) is 2.85. The number of nitrogens with one attached hydrogen (secondary N) is 1. The lowest BCUT2D eigenvalue weighted by molar-refractivity contribution is 0.0522. The van der Waals surface area contributed by atoms with Gasteiger partial charge < -0.3 is 10.1 Å². The van der Waals surface area contributed by atoms with Crippen molar-refractivity contribution in [1.29, 1.82) is 0 Å². The van der Waals surface area contributed by atoms with Gasteiger partial charge in [-0.1, -0.05) is 44.2 Å². The van der Waals surface area contributed by atoms with Crippen LogP contribution in [0.25, 0.3) is 0 Å². The first kappa shape index (κ1) is 16.7.